The molecule has 0 aromatic heterocycles. The average molecular weight is 406 g/mol. The van der Waals surface area contributed by atoms with E-state index in [4.69, 9.17) is 14.2 Å². The molecule has 0 fully saturated rings. The first-order valence-electron chi connectivity index (χ1n) is 10.2. The molecule has 1 atom stereocenters. The lowest BCUT2D eigenvalue weighted by atomic mass is 9.79. The first-order chi connectivity index (χ1) is 12.4. The summed E-state index contributed by atoms with van der Waals surface area (Å²) in [5.41, 5.74) is 2.14. The zero-order chi connectivity index (χ0) is 21.7. The molecule has 28 heavy (non-hydrogen) atoms. The number of benzene rings is 1. The van der Waals surface area contributed by atoms with Crippen molar-refractivity contribution in [2.24, 2.45) is 4.99 Å². The second-order valence-corrected chi connectivity index (χ2v) is 15.9. The number of aliphatic imine (C=N–C) groups is 1. The second-order valence-electron chi connectivity index (χ2n) is 11.5. The van der Waals surface area contributed by atoms with Crippen molar-refractivity contribution >= 4 is 14.2 Å². The molecular formula is C23H39NO3Si. The first-order valence-corrected chi connectivity index (χ1v) is 13.6. The Hall–Kier alpha value is -1.33. The molecule has 1 heterocycles. The molecule has 158 valence electrons. The summed E-state index contributed by atoms with van der Waals surface area (Å²) in [6.07, 6.45) is 0. The molecule has 0 spiro atoms. The highest BCUT2D eigenvalue weighted by molar-refractivity contribution is 6.69. The lowest BCUT2D eigenvalue weighted by Gasteiger charge is -2.35. The molecule has 1 aromatic rings. The van der Waals surface area contributed by atoms with Crippen LogP contribution in [-0.2, 0) is 20.0 Å². The Morgan fingerprint density at radius 3 is 2.04 bits per heavy atom. The molecule has 1 aliphatic heterocycles. The maximum Gasteiger partial charge on any atom is 0.220 e. The summed E-state index contributed by atoms with van der Waals surface area (Å²) >= 11 is 0. The van der Waals surface area contributed by atoms with Crippen LogP contribution in [0.25, 0.3) is 0 Å². The molecule has 0 bridgehead atoms. The van der Waals surface area contributed by atoms with Crippen molar-refractivity contribution in [3.05, 3.63) is 28.8 Å². The second kappa shape index (κ2) is 7.17. The van der Waals surface area contributed by atoms with E-state index in [9.17, 15) is 5.11 Å². The van der Waals surface area contributed by atoms with Gasteiger partial charge in [0.05, 0.1) is 11.2 Å². The van der Waals surface area contributed by atoms with Crippen molar-refractivity contribution < 1.29 is 14.3 Å². The number of rotatable bonds is 4. The van der Waals surface area contributed by atoms with Crippen molar-refractivity contribution in [2.45, 2.75) is 97.5 Å². The molecule has 1 aliphatic rings. The molecule has 2 rings (SSSR count). The molecular weight excluding hydrogens is 366 g/mol. The predicted octanol–water partition coefficient (Wildman–Crippen LogP) is 5.76. The largest absolute Gasteiger partial charge is 0.507 e. The summed E-state index contributed by atoms with van der Waals surface area (Å²) in [5.74, 6) is 0.787. The van der Waals surface area contributed by atoms with Crippen molar-refractivity contribution in [2.75, 3.05) is 6.61 Å². The van der Waals surface area contributed by atoms with Gasteiger partial charge in [-0.1, -0.05) is 47.6 Å². The van der Waals surface area contributed by atoms with Crippen molar-refractivity contribution in [1.29, 1.82) is 0 Å². The third kappa shape index (κ3) is 5.18. The minimum absolute atomic E-state index is 0.0404. The zero-order valence-electron chi connectivity index (χ0n) is 19.7. The fraction of sp³-hybridized carbons (Fsp3) is 0.696. The van der Waals surface area contributed by atoms with E-state index >= 15 is 0 Å². The van der Waals surface area contributed by atoms with E-state index < -0.39 is 13.9 Å². The van der Waals surface area contributed by atoms with Gasteiger partial charge in [0, 0.05) is 5.56 Å². The monoisotopic (exact) mass is 405 g/mol. The van der Waals surface area contributed by atoms with E-state index in [0.717, 1.165) is 11.1 Å². The van der Waals surface area contributed by atoms with Crippen LogP contribution in [0.3, 0.4) is 0 Å². The molecule has 0 saturated carbocycles. The molecule has 0 radical (unpaired) electrons. The van der Waals surface area contributed by atoms with Crippen molar-refractivity contribution in [3.63, 3.8) is 0 Å². The Balaban J connectivity index is 2.53. The molecule has 1 aromatic carbocycles. The van der Waals surface area contributed by atoms with E-state index in [2.05, 4.69) is 81.1 Å². The number of hydrogen-bond acceptors (Lipinski definition) is 4. The van der Waals surface area contributed by atoms with Crippen LogP contribution < -0.4 is 0 Å². The number of phenolic OH excluding ortho intramolecular Hbond substituents is 1. The molecule has 1 N–H and O–H groups in total. The highest BCUT2D eigenvalue weighted by Crippen LogP contribution is 2.39. The minimum Gasteiger partial charge on any atom is -0.507 e. The Bertz CT molecular complexity index is 762. The van der Waals surface area contributed by atoms with Gasteiger partial charge in [-0.2, -0.15) is 0 Å². The third-order valence-electron chi connectivity index (χ3n) is 5.04. The number of hydrogen-bond donors (Lipinski definition) is 1. The highest BCUT2D eigenvalue weighted by atomic mass is 28.4. The maximum absolute atomic E-state index is 11.1. The lowest BCUT2D eigenvalue weighted by Crippen LogP contribution is -2.46. The first kappa shape index (κ1) is 23.0. The minimum atomic E-state index is -1.71. The van der Waals surface area contributed by atoms with E-state index in [1.807, 2.05) is 6.07 Å². The Morgan fingerprint density at radius 2 is 1.57 bits per heavy atom. The van der Waals surface area contributed by atoms with Gasteiger partial charge in [0.15, 0.2) is 8.32 Å². The topological polar surface area (TPSA) is 51.0 Å². The Labute approximate surface area is 172 Å². The van der Waals surface area contributed by atoms with Gasteiger partial charge in [0.1, 0.15) is 18.4 Å². The quantitative estimate of drug-likeness (QED) is 0.648. The van der Waals surface area contributed by atoms with Gasteiger partial charge < -0.3 is 14.3 Å². The third-order valence-corrected chi connectivity index (χ3v) is 6.18. The van der Waals surface area contributed by atoms with Gasteiger partial charge in [-0.05, 0) is 55.9 Å². The fourth-order valence-corrected chi connectivity index (χ4v) is 5.25. The molecule has 0 unspecified atom stereocenters. The van der Waals surface area contributed by atoms with Crippen LogP contribution in [0, 0.1) is 0 Å². The Kier molecular flexibility index (Phi) is 5.88. The van der Waals surface area contributed by atoms with Crippen LogP contribution >= 0.6 is 0 Å². The number of aromatic hydroxyl groups is 1. The van der Waals surface area contributed by atoms with Crippen LogP contribution in [0.1, 0.15) is 72.1 Å². The summed E-state index contributed by atoms with van der Waals surface area (Å²) in [5, 5.41) is 11.1. The van der Waals surface area contributed by atoms with Gasteiger partial charge >= 0.3 is 0 Å². The molecule has 0 saturated heterocycles. The summed E-state index contributed by atoms with van der Waals surface area (Å²) in [6, 6.07) is 4.05. The maximum atomic E-state index is 11.1. The molecule has 5 heteroatoms. The molecule has 0 amide bonds. The van der Waals surface area contributed by atoms with Gasteiger partial charge in [-0.3, -0.25) is 0 Å². The number of ether oxygens (including phenoxy) is 1. The number of phenols is 1. The van der Waals surface area contributed by atoms with E-state index in [0.29, 0.717) is 18.1 Å². The van der Waals surface area contributed by atoms with Crippen molar-refractivity contribution in [1.82, 2.24) is 0 Å². The predicted molar refractivity (Wildman–Crippen MR) is 120 cm³/mol. The summed E-state index contributed by atoms with van der Waals surface area (Å²) < 4.78 is 12.4. The standard InChI is InChI=1S/C23H39NO3Si/c1-21(2,3)15-12-16(19(25)17(13-15)22(4,5)6)20-24-18(14-26-20)23(7,8)27-28(9,10)11/h12-13,18,25H,14H2,1-11H3/t18-/m1/s1. The van der Waals surface area contributed by atoms with Crippen LogP contribution in [0.2, 0.25) is 19.6 Å². The zero-order valence-corrected chi connectivity index (χ0v) is 20.7. The van der Waals surface area contributed by atoms with Crippen LogP contribution in [-0.4, -0.2) is 37.6 Å². The summed E-state index contributed by atoms with van der Waals surface area (Å²) in [6.45, 7) is 24.1. The summed E-state index contributed by atoms with van der Waals surface area (Å²) in [4.78, 5) is 4.85. The average Bonchev–Trinajstić information content (AvgIpc) is 2.92. The van der Waals surface area contributed by atoms with Crippen LogP contribution in [0.15, 0.2) is 17.1 Å². The van der Waals surface area contributed by atoms with E-state index in [-0.39, 0.29) is 22.6 Å². The van der Waals surface area contributed by atoms with Crippen molar-refractivity contribution in [3.8, 4) is 5.75 Å². The van der Waals surface area contributed by atoms with Crippen LogP contribution in [0.4, 0.5) is 0 Å². The summed E-state index contributed by atoms with van der Waals surface area (Å²) in [7, 11) is -1.71. The smallest absolute Gasteiger partial charge is 0.220 e. The van der Waals surface area contributed by atoms with Gasteiger partial charge in [0.25, 0.3) is 0 Å². The van der Waals surface area contributed by atoms with Gasteiger partial charge in [0.2, 0.25) is 5.90 Å². The van der Waals surface area contributed by atoms with Gasteiger partial charge in [-0.15, -0.1) is 0 Å². The van der Waals surface area contributed by atoms with Gasteiger partial charge in [-0.25, -0.2) is 4.99 Å². The lowest BCUT2D eigenvalue weighted by molar-refractivity contribution is 0.0619. The fourth-order valence-electron chi connectivity index (χ4n) is 3.54. The molecule has 4 nitrogen and oxygen atoms in total. The molecule has 0 aliphatic carbocycles. The van der Waals surface area contributed by atoms with Crippen LogP contribution in [0.5, 0.6) is 5.75 Å². The number of nitrogens with zero attached hydrogens (tertiary/aromatic N) is 1. The Morgan fingerprint density at radius 1 is 1.00 bits per heavy atom. The SMILES string of the molecule is CC(C)(C)c1cc(C2=N[C@@H](C(C)(C)O[Si](C)(C)C)CO2)c(O)c(C(C)(C)C)c1. The normalized spacial score (nSPS) is 18.8. The van der Waals surface area contributed by atoms with E-state index in [1.54, 1.807) is 0 Å². The van der Waals surface area contributed by atoms with E-state index in [1.165, 1.54) is 0 Å². The highest BCUT2D eigenvalue weighted by Gasteiger charge is 2.39.